The van der Waals surface area contributed by atoms with Gasteiger partial charge in [0, 0.05) is 45.6 Å². The summed E-state index contributed by atoms with van der Waals surface area (Å²) in [7, 11) is 0. The first-order chi connectivity index (χ1) is 10.8. The minimum Gasteiger partial charge on any atom is -0.367 e. The number of likely N-dealkylation sites (tertiary alicyclic amines) is 1. The van der Waals surface area contributed by atoms with Crippen molar-refractivity contribution in [2.45, 2.75) is 38.7 Å². The molecular weight excluding hydrogens is 282 g/mol. The van der Waals surface area contributed by atoms with Gasteiger partial charge in [0.1, 0.15) is 11.9 Å². The Hall–Kier alpha value is -1.47. The Kier molecular flexibility index (Phi) is 5.04. The van der Waals surface area contributed by atoms with E-state index in [1.807, 2.05) is 4.90 Å². The van der Waals surface area contributed by atoms with Gasteiger partial charge in [-0.2, -0.15) is 5.10 Å². The van der Waals surface area contributed by atoms with Gasteiger partial charge in [-0.25, -0.2) is 4.98 Å². The molecule has 7 heteroatoms. The van der Waals surface area contributed by atoms with E-state index in [2.05, 4.69) is 27.0 Å². The minimum absolute atomic E-state index is 0.0649. The molecule has 2 fully saturated rings. The average Bonchev–Trinajstić information content (AvgIpc) is 3.15. The van der Waals surface area contributed by atoms with E-state index in [9.17, 15) is 4.79 Å². The number of morpholine rings is 1. The van der Waals surface area contributed by atoms with Crippen molar-refractivity contribution in [3.8, 4) is 0 Å². The third-order valence-corrected chi connectivity index (χ3v) is 4.33. The van der Waals surface area contributed by atoms with Crippen LogP contribution < -0.4 is 0 Å². The maximum absolute atomic E-state index is 11.7. The summed E-state index contributed by atoms with van der Waals surface area (Å²) in [6, 6.07) is 0. The number of H-pyrrole nitrogens is 1. The molecule has 1 aromatic heterocycles. The minimum atomic E-state index is -0.0649. The lowest BCUT2D eigenvalue weighted by Gasteiger charge is -2.32. The zero-order valence-electron chi connectivity index (χ0n) is 13.3. The van der Waals surface area contributed by atoms with Gasteiger partial charge < -0.3 is 9.64 Å². The van der Waals surface area contributed by atoms with Crippen LogP contribution in [-0.2, 0) is 16.0 Å². The van der Waals surface area contributed by atoms with Crippen LogP contribution in [0.25, 0.3) is 0 Å². The number of aryl methyl sites for hydroxylation is 1. The Morgan fingerprint density at radius 1 is 1.36 bits per heavy atom. The van der Waals surface area contributed by atoms with Crippen molar-refractivity contribution < 1.29 is 9.53 Å². The van der Waals surface area contributed by atoms with E-state index in [4.69, 9.17) is 4.74 Å². The normalized spacial score (nSPS) is 23.4. The summed E-state index contributed by atoms with van der Waals surface area (Å²) in [4.78, 5) is 20.5. The quantitative estimate of drug-likeness (QED) is 0.839. The smallest absolute Gasteiger partial charge is 0.222 e. The van der Waals surface area contributed by atoms with E-state index in [1.54, 1.807) is 0 Å². The molecule has 0 aromatic carbocycles. The molecule has 0 spiro atoms. The molecule has 1 amide bonds. The van der Waals surface area contributed by atoms with Gasteiger partial charge in [-0.1, -0.05) is 6.92 Å². The first kappa shape index (κ1) is 15.4. The number of rotatable bonds is 6. The van der Waals surface area contributed by atoms with Crippen LogP contribution >= 0.6 is 0 Å². The van der Waals surface area contributed by atoms with E-state index in [-0.39, 0.29) is 6.10 Å². The third kappa shape index (κ3) is 3.64. The Morgan fingerprint density at radius 3 is 3.05 bits per heavy atom. The number of carbonyl (C=O) groups is 1. The lowest BCUT2D eigenvalue weighted by Crippen LogP contribution is -2.43. The number of hydrogen-bond donors (Lipinski definition) is 1. The Balaban J connectivity index is 1.51. The second-order valence-electron chi connectivity index (χ2n) is 6.03. The van der Waals surface area contributed by atoms with E-state index >= 15 is 0 Å². The van der Waals surface area contributed by atoms with Crippen LogP contribution in [0.15, 0.2) is 0 Å². The molecule has 0 aliphatic carbocycles. The number of ether oxygens (including phenoxy) is 1. The first-order valence-electron chi connectivity index (χ1n) is 8.29. The zero-order valence-corrected chi connectivity index (χ0v) is 13.3. The summed E-state index contributed by atoms with van der Waals surface area (Å²) in [6.07, 6.45) is 3.62. The number of nitrogens with zero attached hydrogens (tertiary/aromatic N) is 4. The fraction of sp³-hybridized carbons (Fsp3) is 0.800. The standard InChI is InChI=1S/C15H25N5O2/c1-2-4-13-16-15(18-17-13)12-11-19(9-10-22-12)7-8-20-6-3-5-14(20)21/h12H,2-11H2,1H3,(H,16,17,18). The molecule has 1 N–H and O–H groups in total. The van der Waals surface area contributed by atoms with Gasteiger partial charge >= 0.3 is 0 Å². The van der Waals surface area contributed by atoms with E-state index < -0.39 is 0 Å². The second-order valence-corrected chi connectivity index (χ2v) is 6.03. The number of aromatic nitrogens is 3. The van der Waals surface area contributed by atoms with Crippen LogP contribution in [0.3, 0.4) is 0 Å². The molecule has 7 nitrogen and oxygen atoms in total. The number of carbonyl (C=O) groups excluding carboxylic acids is 1. The highest BCUT2D eigenvalue weighted by atomic mass is 16.5. The van der Waals surface area contributed by atoms with E-state index in [1.165, 1.54) is 0 Å². The number of nitrogens with one attached hydrogen (secondary N) is 1. The van der Waals surface area contributed by atoms with Crippen LogP contribution in [-0.4, -0.2) is 70.2 Å². The molecule has 1 aromatic rings. The monoisotopic (exact) mass is 307 g/mol. The third-order valence-electron chi connectivity index (χ3n) is 4.33. The molecule has 0 radical (unpaired) electrons. The van der Waals surface area contributed by atoms with Crippen LogP contribution in [0.1, 0.15) is 43.9 Å². The van der Waals surface area contributed by atoms with Gasteiger partial charge in [-0.15, -0.1) is 0 Å². The van der Waals surface area contributed by atoms with Gasteiger partial charge in [0.05, 0.1) is 6.61 Å². The molecule has 2 aliphatic heterocycles. The molecule has 0 saturated carbocycles. The van der Waals surface area contributed by atoms with Crippen molar-refractivity contribution in [1.82, 2.24) is 25.0 Å². The summed E-state index contributed by atoms with van der Waals surface area (Å²) in [6.45, 7) is 7.15. The summed E-state index contributed by atoms with van der Waals surface area (Å²) >= 11 is 0. The lowest BCUT2D eigenvalue weighted by atomic mass is 10.2. The molecule has 1 atom stereocenters. The second kappa shape index (κ2) is 7.19. The van der Waals surface area contributed by atoms with Gasteiger partial charge in [0.25, 0.3) is 0 Å². The van der Waals surface area contributed by atoms with Crippen molar-refractivity contribution >= 4 is 5.91 Å². The summed E-state index contributed by atoms with van der Waals surface area (Å²) < 4.78 is 5.81. The fourth-order valence-electron chi connectivity index (χ4n) is 3.07. The number of aromatic amines is 1. The van der Waals surface area contributed by atoms with Crippen LogP contribution in [0, 0.1) is 0 Å². The molecular formula is C15H25N5O2. The summed E-state index contributed by atoms with van der Waals surface area (Å²) in [5.41, 5.74) is 0. The van der Waals surface area contributed by atoms with Crippen LogP contribution in [0.5, 0.6) is 0 Å². The van der Waals surface area contributed by atoms with Crippen molar-refractivity contribution in [1.29, 1.82) is 0 Å². The Bertz CT molecular complexity index is 504. The lowest BCUT2D eigenvalue weighted by molar-refractivity contribution is -0.128. The molecule has 22 heavy (non-hydrogen) atoms. The maximum Gasteiger partial charge on any atom is 0.222 e. The molecule has 2 saturated heterocycles. The van der Waals surface area contributed by atoms with Gasteiger partial charge in [-0.3, -0.25) is 14.8 Å². The number of amides is 1. The molecule has 3 rings (SSSR count). The topological polar surface area (TPSA) is 74.3 Å². The predicted octanol–water partition coefficient (Wildman–Crippen LogP) is 0.753. The van der Waals surface area contributed by atoms with Crippen molar-refractivity contribution in [3.63, 3.8) is 0 Å². The van der Waals surface area contributed by atoms with E-state index in [0.29, 0.717) is 18.9 Å². The average molecular weight is 307 g/mol. The SMILES string of the molecule is CCCc1nc(C2CN(CCN3CCCC3=O)CCO2)n[nH]1. The summed E-state index contributed by atoms with van der Waals surface area (Å²) in [5.74, 6) is 1.98. The highest BCUT2D eigenvalue weighted by molar-refractivity contribution is 5.78. The molecule has 2 aliphatic rings. The number of hydrogen-bond acceptors (Lipinski definition) is 5. The predicted molar refractivity (Wildman–Crippen MR) is 81.3 cm³/mol. The van der Waals surface area contributed by atoms with Crippen LogP contribution in [0.2, 0.25) is 0 Å². The summed E-state index contributed by atoms with van der Waals surface area (Å²) in [5, 5.41) is 7.28. The highest BCUT2D eigenvalue weighted by Crippen LogP contribution is 2.19. The first-order valence-corrected chi connectivity index (χ1v) is 8.29. The maximum atomic E-state index is 11.7. The molecule has 1 unspecified atom stereocenters. The molecule has 0 bridgehead atoms. The van der Waals surface area contributed by atoms with Crippen LogP contribution in [0.4, 0.5) is 0 Å². The fourth-order valence-corrected chi connectivity index (χ4v) is 3.07. The molecule has 3 heterocycles. The van der Waals surface area contributed by atoms with Crippen molar-refractivity contribution in [2.75, 3.05) is 39.3 Å². The zero-order chi connectivity index (χ0) is 15.4. The van der Waals surface area contributed by atoms with Gasteiger partial charge in [0.2, 0.25) is 5.91 Å². The Morgan fingerprint density at radius 2 is 2.27 bits per heavy atom. The van der Waals surface area contributed by atoms with Crippen molar-refractivity contribution in [3.05, 3.63) is 11.6 Å². The Labute approximate surface area is 131 Å². The van der Waals surface area contributed by atoms with E-state index in [0.717, 1.165) is 63.6 Å². The van der Waals surface area contributed by atoms with Gasteiger partial charge in [-0.05, 0) is 12.8 Å². The van der Waals surface area contributed by atoms with Gasteiger partial charge in [0.15, 0.2) is 5.82 Å². The molecule has 122 valence electrons. The highest BCUT2D eigenvalue weighted by Gasteiger charge is 2.26. The van der Waals surface area contributed by atoms with Crippen molar-refractivity contribution in [2.24, 2.45) is 0 Å². The largest absolute Gasteiger partial charge is 0.367 e.